The molecule has 0 bridgehead atoms. The molecule has 5 nitrogen and oxygen atoms in total. The monoisotopic (exact) mass is 218 g/mol. The average Bonchev–Trinajstić information content (AvgIpc) is 2.78. The maximum absolute atomic E-state index is 5.52. The van der Waals surface area contributed by atoms with Crippen LogP contribution in [0.1, 0.15) is 24.9 Å². The molecule has 0 atom stereocenters. The van der Waals surface area contributed by atoms with Gasteiger partial charge in [-0.1, -0.05) is 12.1 Å². The quantitative estimate of drug-likeness (QED) is 0.842. The van der Waals surface area contributed by atoms with Crippen LogP contribution in [0.5, 0.6) is 0 Å². The van der Waals surface area contributed by atoms with E-state index in [1.807, 2.05) is 12.1 Å². The molecule has 0 spiro atoms. The van der Waals surface area contributed by atoms with Crippen molar-refractivity contribution in [1.29, 1.82) is 0 Å². The Kier molecular flexibility index (Phi) is 3.26. The first kappa shape index (κ1) is 10.8. The second-order valence-electron chi connectivity index (χ2n) is 3.51. The van der Waals surface area contributed by atoms with E-state index in [0.29, 0.717) is 12.4 Å². The highest BCUT2D eigenvalue weighted by molar-refractivity contribution is 5.52. The predicted molar refractivity (Wildman–Crippen MR) is 59.4 cm³/mol. The molecule has 2 rings (SSSR count). The fraction of sp³-hybridized carbons (Fsp3) is 0.364. The third-order valence-corrected chi connectivity index (χ3v) is 2.21. The summed E-state index contributed by atoms with van der Waals surface area (Å²) < 4.78 is 5.17. The van der Waals surface area contributed by atoms with E-state index in [1.165, 1.54) is 0 Å². The van der Waals surface area contributed by atoms with Crippen LogP contribution in [0.25, 0.3) is 11.5 Å². The van der Waals surface area contributed by atoms with Gasteiger partial charge in [-0.3, -0.25) is 4.98 Å². The molecule has 0 aromatic carbocycles. The summed E-state index contributed by atoms with van der Waals surface area (Å²) in [5.74, 6) is 1.27. The number of hydrogen-bond donors (Lipinski definition) is 1. The van der Waals surface area contributed by atoms with Crippen molar-refractivity contribution in [3.8, 4) is 11.5 Å². The number of nitrogens with two attached hydrogens (primary N) is 1. The summed E-state index contributed by atoms with van der Waals surface area (Å²) in [5, 5.41) is 3.90. The van der Waals surface area contributed by atoms with Crippen LogP contribution in [0.4, 0.5) is 0 Å². The number of aryl methyl sites for hydroxylation is 1. The predicted octanol–water partition coefficient (Wildman–Crippen LogP) is 1.54. The summed E-state index contributed by atoms with van der Waals surface area (Å²) in [6.45, 7) is 2.48. The van der Waals surface area contributed by atoms with Crippen molar-refractivity contribution in [2.24, 2.45) is 5.73 Å². The van der Waals surface area contributed by atoms with Crippen molar-refractivity contribution in [3.05, 3.63) is 29.8 Å². The lowest BCUT2D eigenvalue weighted by molar-refractivity contribution is 0.422. The molecule has 0 aliphatic rings. The van der Waals surface area contributed by atoms with Crippen molar-refractivity contribution < 1.29 is 4.52 Å². The minimum Gasteiger partial charge on any atom is -0.334 e. The maximum atomic E-state index is 5.52. The average molecular weight is 218 g/mol. The summed E-state index contributed by atoms with van der Waals surface area (Å²) in [7, 11) is 0. The van der Waals surface area contributed by atoms with E-state index in [-0.39, 0.29) is 0 Å². The van der Waals surface area contributed by atoms with Crippen LogP contribution in [0, 0.1) is 0 Å². The van der Waals surface area contributed by atoms with Crippen LogP contribution in [0.3, 0.4) is 0 Å². The summed E-state index contributed by atoms with van der Waals surface area (Å²) in [4.78, 5) is 8.41. The maximum Gasteiger partial charge on any atom is 0.258 e. The highest BCUT2D eigenvalue weighted by Crippen LogP contribution is 2.17. The fourth-order valence-electron chi connectivity index (χ4n) is 1.42. The normalized spacial score (nSPS) is 10.6. The zero-order valence-corrected chi connectivity index (χ0v) is 9.18. The lowest BCUT2D eigenvalue weighted by Crippen LogP contribution is -1.99. The van der Waals surface area contributed by atoms with Gasteiger partial charge in [-0.15, -0.1) is 0 Å². The van der Waals surface area contributed by atoms with Gasteiger partial charge >= 0.3 is 0 Å². The van der Waals surface area contributed by atoms with Crippen LogP contribution in [-0.4, -0.2) is 15.1 Å². The highest BCUT2D eigenvalue weighted by atomic mass is 16.5. The first-order valence-electron chi connectivity index (χ1n) is 5.31. The molecule has 0 unspecified atom stereocenters. The molecule has 2 aromatic rings. The number of nitrogens with zero attached hydrogens (tertiary/aromatic N) is 3. The van der Waals surface area contributed by atoms with E-state index in [2.05, 4.69) is 22.0 Å². The molecule has 0 saturated heterocycles. The number of hydrogen-bond acceptors (Lipinski definition) is 5. The Morgan fingerprint density at radius 2 is 2.31 bits per heavy atom. The topological polar surface area (TPSA) is 77.8 Å². The van der Waals surface area contributed by atoms with Crippen LogP contribution in [0.15, 0.2) is 22.9 Å². The van der Waals surface area contributed by atoms with Gasteiger partial charge in [-0.05, 0) is 18.6 Å². The lowest BCUT2D eigenvalue weighted by Gasteiger charge is -1.97. The van der Waals surface area contributed by atoms with Crippen LogP contribution < -0.4 is 5.73 Å². The van der Waals surface area contributed by atoms with Gasteiger partial charge in [-0.2, -0.15) is 4.98 Å². The summed E-state index contributed by atoms with van der Waals surface area (Å²) in [5.41, 5.74) is 7.20. The van der Waals surface area contributed by atoms with E-state index in [9.17, 15) is 0 Å². The summed E-state index contributed by atoms with van der Waals surface area (Å²) in [6, 6.07) is 3.70. The Morgan fingerprint density at radius 1 is 1.44 bits per heavy atom. The Balaban J connectivity index is 2.27. The van der Waals surface area contributed by atoms with Crippen LogP contribution in [-0.2, 0) is 13.0 Å². The molecule has 0 aliphatic heterocycles. The Labute approximate surface area is 93.7 Å². The molecule has 0 aliphatic carbocycles. The minimum absolute atomic E-state index is 0.407. The summed E-state index contributed by atoms with van der Waals surface area (Å²) >= 11 is 0. The molecule has 16 heavy (non-hydrogen) atoms. The van der Waals surface area contributed by atoms with Gasteiger partial charge in [0.05, 0.1) is 5.69 Å². The molecule has 84 valence electrons. The smallest absolute Gasteiger partial charge is 0.258 e. The van der Waals surface area contributed by atoms with Gasteiger partial charge in [0.2, 0.25) is 0 Å². The first-order chi connectivity index (χ1) is 7.83. The third kappa shape index (κ3) is 2.25. The Bertz CT molecular complexity index is 467. The molecular formula is C11H14N4O. The zero-order valence-electron chi connectivity index (χ0n) is 9.18. The molecule has 0 saturated carbocycles. The second kappa shape index (κ2) is 4.85. The van der Waals surface area contributed by atoms with E-state index < -0.39 is 0 Å². The van der Waals surface area contributed by atoms with Gasteiger partial charge in [0.15, 0.2) is 5.82 Å². The third-order valence-electron chi connectivity index (χ3n) is 2.21. The lowest BCUT2D eigenvalue weighted by atomic mass is 10.2. The molecule has 2 heterocycles. The van der Waals surface area contributed by atoms with E-state index in [0.717, 1.165) is 29.9 Å². The summed E-state index contributed by atoms with van der Waals surface area (Å²) in [6.07, 6.45) is 3.53. The van der Waals surface area contributed by atoms with Crippen molar-refractivity contribution >= 4 is 0 Å². The molecule has 2 N–H and O–H groups in total. The van der Waals surface area contributed by atoms with Gasteiger partial charge < -0.3 is 10.3 Å². The van der Waals surface area contributed by atoms with E-state index in [4.69, 9.17) is 10.3 Å². The second-order valence-corrected chi connectivity index (χ2v) is 3.51. The molecule has 0 radical (unpaired) electrons. The van der Waals surface area contributed by atoms with Crippen molar-refractivity contribution in [2.75, 3.05) is 0 Å². The molecule has 0 amide bonds. The SMILES string of the molecule is CCCc1noc(-c2ccnc(CN)c2)n1. The van der Waals surface area contributed by atoms with Gasteiger partial charge in [0, 0.05) is 24.7 Å². The van der Waals surface area contributed by atoms with Crippen LogP contribution >= 0.6 is 0 Å². The number of rotatable bonds is 4. The zero-order chi connectivity index (χ0) is 11.4. The van der Waals surface area contributed by atoms with Crippen molar-refractivity contribution in [2.45, 2.75) is 26.3 Å². The molecular weight excluding hydrogens is 204 g/mol. The first-order valence-corrected chi connectivity index (χ1v) is 5.31. The molecule has 5 heteroatoms. The standard InChI is InChI=1S/C11H14N4O/c1-2-3-10-14-11(16-15-10)8-4-5-13-9(6-8)7-12/h4-6H,2-3,7,12H2,1H3. The minimum atomic E-state index is 0.407. The van der Waals surface area contributed by atoms with Gasteiger partial charge in [0.25, 0.3) is 5.89 Å². The Hall–Kier alpha value is -1.75. The van der Waals surface area contributed by atoms with E-state index >= 15 is 0 Å². The fourth-order valence-corrected chi connectivity index (χ4v) is 1.42. The Morgan fingerprint density at radius 3 is 3.06 bits per heavy atom. The van der Waals surface area contributed by atoms with Crippen molar-refractivity contribution in [1.82, 2.24) is 15.1 Å². The van der Waals surface area contributed by atoms with Gasteiger partial charge in [0.1, 0.15) is 0 Å². The number of pyridine rings is 1. The molecule has 0 fully saturated rings. The number of aromatic nitrogens is 3. The molecule has 2 aromatic heterocycles. The largest absolute Gasteiger partial charge is 0.334 e. The van der Waals surface area contributed by atoms with Crippen molar-refractivity contribution in [3.63, 3.8) is 0 Å². The highest BCUT2D eigenvalue weighted by Gasteiger charge is 2.08. The van der Waals surface area contributed by atoms with Gasteiger partial charge in [-0.25, -0.2) is 0 Å². The van der Waals surface area contributed by atoms with Crippen LogP contribution in [0.2, 0.25) is 0 Å². The van der Waals surface area contributed by atoms with E-state index in [1.54, 1.807) is 6.20 Å².